The molecule has 0 unspecified atom stereocenters. The number of urea groups is 1. The average Bonchev–Trinajstić information content (AvgIpc) is 3.19. The van der Waals surface area contributed by atoms with Crippen molar-refractivity contribution < 1.29 is 50.4 Å². The van der Waals surface area contributed by atoms with E-state index in [0.717, 1.165) is 24.3 Å². The first-order valence-electron chi connectivity index (χ1n) is 7.89. The van der Waals surface area contributed by atoms with E-state index >= 15 is 0 Å². The SMILES string of the molecule is O=C1N[C@]([NH2+]Cc2ccco2)(C(F)(F)F)C(=O)N1c1ccc(OC(F)(F)F)cc1. The number of rotatable bonds is 5. The lowest BCUT2D eigenvalue weighted by Gasteiger charge is -2.26. The van der Waals surface area contributed by atoms with E-state index in [-0.39, 0.29) is 16.3 Å². The normalized spacial score (nSPS) is 20.1. The maximum atomic E-state index is 13.7. The third kappa shape index (κ3) is 3.99. The summed E-state index contributed by atoms with van der Waals surface area (Å²) in [6.07, 6.45) is -8.93. The van der Waals surface area contributed by atoms with E-state index in [1.54, 1.807) is 5.32 Å². The van der Waals surface area contributed by atoms with Gasteiger partial charge < -0.3 is 14.5 Å². The number of nitrogens with zero attached hydrogens (tertiary/aromatic N) is 1. The van der Waals surface area contributed by atoms with Gasteiger partial charge in [0.05, 0.1) is 12.0 Å². The van der Waals surface area contributed by atoms with Gasteiger partial charge in [0.2, 0.25) is 0 Å². The monoisotopic (exact) mass is 424 g/mol. The summed E-state index contributed by atoms with van der Waals surface area (Å²) < 4.78 is 86.4. The third-order valence-corrected chi connectivity index (χ3v) is 4.01. The molecule has 13 heteroatoms. The standard InChI is InChI=1S/C16H11F6N3O4/c17-15(18,19)14(23-8-11-2-1-7-28-11)12(26)25(13(27)24-14)9-3-5-10(6-4-9)29-16(20,21)22/h1-7,23H,8H2,(H,24,27)/p+1/t14-/m0/s1. The predicted molar refractivity (Wildman–Crippen MR) is 82.3 cm³/mol. The van der Waals surface area contributed by atoms with Crippen LogP contribution < -0.4 is 20.3 Å². The Labute approximate surface area is 158 Å². The molecule has 3 N–H and O–H groups in total. The highest BCUT2D eigenvalue weighted by Crippen LogP contribution is 2.34. The van der Waals surface area contributed by atoms with Gasteiger partial charge in [-0.05, 0) is 36.4 Å². The number of nitrogens with two attached hydrogens (primary N) is 1. The largest absolute Gasteiger partial charge is 0.573 e. The van der Waals surface area contributed by atoms with E-state index in [9.17, 15) is 35.9 Å². The zero-order valence-corrected chi connectivity index (χ0v) is 14.2. The van der Waals surface area contributed by atoms with Gasteiger partial charge >= 0.3 is 30.1 Å². The van der Waals surface area contributed by atoms with Crippen LogP contribution in [0.3, 0.4) is 0 Å². The zero-order chi connectivity index (χ0) is 21.4. The summed E-state index contributed by atoms with van der Waals surface area (Å²) in [4.78, 5) is 25.0. The Bertz CT molecular complexity index is 895. The first-order chi connectivity index (χ1) is 13.4. The van der Waals surface area contributed by atoms with Crippen LogP contribution in [0, 0.1) is 0 Å². The molecule has 0 bridgehead atoms. The van der Waals surface area contributed by atoms with E-state index < -0.39 is 42.4 Å². The van der Waals surface area contributed by atoms with Crippen LogP contribution in [0.25, 0.3) is 0 Å². The van der Waals surface area contributed by atoms with Crippen LogP contribution in [0.2, 0.25) is 0 Å². The Morgan fingerprint density at radius 1 is 1.07 bits per heavy atom. The Morgan fingerprint density at radius 2 is 1.72 bits per heavy atom. The molecular weight excluding hydrogens is 412 g/mol. The highest BCUT2D eigenvalue weighted by Gasteiger charge is 2.72. The van der Waals surface area contributed by atoms with E-state index in [1.165, 1.54) is 18.4 Å². The highest BCUT2D eigenvalue weighted by atomic mass is 19.4. The van der Waals surface area contributed by atoms with Gasteiger partial charge in [-0.3, -0.25) is 10.1 Å². The number of amides is 3. The van der Waals surface area contributed by atoms with Crippen molar-refractivity contribution in [1.29, 1.82) is 0 Å². The van der Waals surface area contributed by atoms with E-state index in [1.807, 2.05) is 0 Å². The highest BCUT2D eigenvalue weighted by molar-refractivity contribution is 6.22. The van der Waals surface area contributed by atoms with Gasteiger partial charge in [-0.2, -0.15) is 13.2 Å². The number of benzene rings is 1. The first-order valence-corrected chi connectivity index (χ1v) is 7.89. The van der Waals surface area contributed by atoms with Crippen molar-refractivity contribution in [2.24, 2.45) is 0 Å². The van der Waals surface area contributed by atoms with Gasteiger partial charge in [0.15, 0.2) is 5.76 Å². The minimum absolute atomic E-state index is 0.128. The fourth-order valence-corrected chi connectivity index (χ4v) is 2.71. The van der Waals surface area contributed by atoms with Crippen molar-refractivity contribution >= 4 is 17.6 Å². The molecule has 0 saturated carbocycles. The average molecular weight is 424 g/mol. The number of hydrogen-bond donors (Lipinski definition) is 2. The van der Waals surface area contributed by atoms with Gasteiger partial charge in [-0.1, -0.05) is 0 Å². The van der Waals surface area contributed by atoms with Crippen LogP contribution in [0.5, 0.6) is 5.75 Å². The molecule has 1 aromatic heterocycles. The summed E-state index contributed by atoms with van der Waals surface area (Å²) in [6, 6.07) is 4.70. The van der Waals surface area contributed by atoms with E-state index in [2.05, 4.69) is 4.74 Å². The Kier molecular flexibility index (Phi) is 4.94. The van der Waals surface area contributed by atoms with Gasteiger partial charge in [-0.15, -0.1) is 13.2 Å². The van der Waals surface area contributed by atoms with Crippen molar-refractivity contribution in [3.8, 4) is 5.75 Å². The van der Waals surface area contributed by atoms with Crippen LogP contribution in [-0.4, -0.2) is 30.1 Å². The molecule has 1 aromatic carbocycles. The molecule has 0 radical (unpaired) electrons. The molecule has 156 valence electrons. The van der Waals surface area contributed by atoms with Crippen LogP contribution in [-0.2, 0) is 11.3 Å². The molecule has 1 atom stereocenters. The summed E-state index contributed by atoms with van der Waals surface area (Å²) in [5, 5.41) is 2.19. The molecule has 3 rings (SSSR count). The third-order valence-electron chi connectivity index (χ3n) is 4.01. The smallest absolute Gasteiger partial charge is 0.463 e. The number of carbonyl (C=O) groups is 2. The summed E-state index contributed by atoms with van der Waals surface area (Å²) in [6.45, 7) is -0.412. The van der Waals surface area contributed by atoms with Crippen LogP contribution in [0.4, 0.5) is 36.8 Å². The van der Waals surface area contributed by atoms with Crippen LogP contribution in [0.15, 0.2) is 47.1 Å². The second kappa shape index (κ2) is 6.99. The Balaban J connectivity index is 1.87. The number of carbonyl (C=O) groups excluding carboxylic acids is 2. The minimum atomic E-state index is -5.18. The topological polar surface area (TPSA) is 88.4 Å². The lowest BCUT2D eigenvalue weighted by atomic mass is 10.1. The molecule has 3 amide bonds. The molecule has 29 heavy (non-hydrogen) atoms. The molecule has 1 fully saturated rings. The van der Waals surface area contributed by atoms with Crippen LogP contribution >= 0.6 is 0 Å². The molecule has 2 heterocycles. The Hall–Kier alpha value is -3.22. The van der Waals surface area contributed by atoms with Gasteiger partial charge in [0, 0.05) is 0 Å². The molecule has 1 aliphatic rings. The van der Waals surface area contributed by atoms with Crippen molar-refractivity contribution in [2.45, 2.75) is 24.7 Å². The first kappa shape index (κ1) is 20.5. The number of halogens is 6. The number of alkyl halides is 6. The van der Waals surface area contributed by atoms with Gasteiger partial charge in [0.1, 0.15) is 12.3 Å². The van der Waals surface area contributed by atoms with E-state index in [0.29, 0.717) is 5.32 Å². The molecule has 7 nitrogen and oxygen atoms in total. The quantitative estimate of drug-likeness (QED) is 0.570. The van der Waals surface area contributed by atoms with Crippen molar-refractivity contribution in [1.82, 2.24) is 5.32 Å². The number of furan rings is 1. The molecule has 1 aliphatic heterocycles. The number of hydrogen-bond acceptors (Lipinski definition) is 4. The maximum absolute atomic E-state index is 13.7. The summed E-state index contributed by atoms with van der Waals surface area (Å²) in [5.41, 5.74) is -3.68. The van der Waals surface area contributed by atoms with Crippen LogP contribution in [0.1, 0.15) is 5.76 Å². The van der Waals surface area contributed by atoms with Crippen molar-refractivity contribution in [3.05, 3.63) is 48.4 Å². The lowest BCUT2D eigenvalue weighted by molar-refractivity contribution is -0.755. The Morgan fingerprint density at radius 3 is 2.24 bits per heavy atom. The van der Waals surface area contributed by atoms with E-state index in [4.69, 9.17) is 4.42 Å². The summed E-state index contributed by atoms with van der Waals surface area (Å²) >= 11 is 0. The maximum Gasteiger partial charge on any atom is 0.573 e. The fraction of sp³-hybridized carbons (Fsp3) is 0.250. The van der Waals surface area contributed by atoms with Crippen molar-refractivity contribution in [2.75, 3.05) is 4.90 Å². The summed E-state index contributed by atoms with van der Waals surface area (Å²) in [7, 11) is 0. The molecule has 1 saturated heterocycles. The number of anilines is 1. The molecule has 2 aromatic rings. The molecular formula is C16H12F6N3O4+. The number of ether oxygens (including phenoxy) is 1. The number of nitrogens with one attached hydrogen (secondary N) is 1. The number of imide groups is 1. The fourth-order valence-electron chi connectivity index (χ4n) is 2.71. The number of quaternary nitrogens is 1. The molecule has 0 aliphatic carbocycles. The minimum Gasteiger partial charge on any atom is -0.463 e. The van der Waals surface area contributed by atoms with Gasteiger partial charge in [0.25, 0.3) is 0 Å². The van der Waals surface area contributed by atoms with Crippen molar-refractivity contribution in [3.63, 3.8) is 0 Å². The molecule has 0 spiro atoms. The second-order valence-corrected chi connectivity index (χ2v) is 5.91. The zero-order valence-electron chi connectivity index (χ0n) is 14.2. The van der Waals surface area contributed by atoms with Gasteiger partial charge in [-0.25, -0.2) is 9.69 Å². The summed E-state index contributed by atoms with van der Waals surface area (Å²) in [5.74, 6) is -2.19. The predicted octanol–water partition coefficient (Wildman–Crippen LogP) is 2.26. The lowest BCUT2D eigenvalue weighted by Crippen LogP contribution is -3.04. The second-order valence-electron chi connectivity index (χ2n) is 5.91.